The molecule has 1 heterocycles. The Morgan fingerprint density at radius 3 is 2.79 bits per heavy atom. The van der Waals surface area contributed by atoms with E-state index in [9.17, 15) is 4.79 Å². The van der Waals surface area contributed by atoms with Crippen LogP contribution in [0.5, 0.6) is 0 Å². The molecular formula is C12H9BrClN3OS. The van der Waals surface area contributed by atoms with Gasteiger partial charge in [0.2, 0.25) is 5.91 Å². The fraction of sp³-hybridized carbons (Fsp3) is 0. The van der Waals surface area contributed by atoms with E-state index >= 15 is 0 Å². The first-order valence-corrected chi connectivity index (χ1v) is 7.15. The van der Waals surface area contributed by atoms with Crippen molar-refractivity contribution in [2.45, 2.75) is 9.92 Å². The van der Waals surface area contributed by atoms with Crippen LogP contribution in [0.15, 0.2) is 44.9 Å². The molecule has 0 saturated heterocycles. The Morgan fingerprint density at radius 2 is 2.16 bits per heavy atom. The molecule has 4 nitrogen and oxygen atoms in total. The summed E-state index contributed by atoms with van der Waals surface area (Å²) in [6.07, 6.45) is 1.65. The lowest BCUT2D eigenvalue weighted by Crippen LogP contribution is -2.13. The monoisotopic (exact) mass is 357 g/mol. The number of amides is 1. The molecule has 0 aliphatic rings. The first-order chi connectivity index (χ1) is 8.99. The van der Waals surface area contributed by atoms with Crippen LogP contribution >= 0.6 is 39.3 Å². The third-order valence-corrected chi connectivity index (χ3v) is 4.73. The van der Waals surface area contributed by atoms with Gasteiger partial charge in [0, 0.05) is 16.8 Å². The van der Waals surface area contributed by atoms with Gasteiger partial charge in [-0.25, -0.2) is 4.98 Å². The summed E-state index contributed by atoms with van der Waals surface area (Å²) in [6, 6.07) is 6.73. The summed E-state index contributed by atoms with van der Waals surface area (Å²) in [7, 11) is 0. The normalized spacial score (nSPS) is 10.4. The highest BCUT2D eigenvalue weighted by Crippen LogP contribution is 2.39. The second-order valence-electron chi connectivity index (χ2n) is 3.64. The molecule has 7 heteroatoms. The lowest BCUT2D eigenvalue weighted by atomic mass is 10.2. The Balaban J connectivity index is 2.51. The van der Waals surface area contributed by atoms with Crippen molar-refractivity contribution in [3.63, 3.8) is 0 Å². The van der Waals surface area contributed by atoms with Crippen LogP contribution in [-0.2, 0) is 0 Å². The number of aromatic nitrogens is 1. The topological polar surface area (TPSA) is 82.0 Å². The Morgan fingerprint density at radius 1 is 1.42 bits per heavy atom. The number of primary amides is 1. The highest BCUT2D eigenvalue weighted by atomic mass is 79.9. The van der Waals surface area contributed by atoms with Crippen LogP contribution in [0.25, 0.3) is 0 Å². The second kappa shape index (κ2) is 5.81. The number of nitrogens with zero attached hydrogens (tertiary/aromatic N) is 1. The molecule has 0 bridgehead atoms. The van der Waals surface area contributed by atoms with Crippen LogP contribution in [0.2, 0.25) is 5.02 Å². The molecule has 2 aromatic rings. The minimum atomic E-state index is -0.580. The number of nitrogen functional groups attached to an aromatic ring is 1. The molecule has 0 spiro atoms. The van der Waals surface area contributed by atoms with Crippen LogP contribution in [0.4, 0.5) is 5.69 Å². The van der Waals surface area contributed by atoms with E-state index in [1.807, 2.05) is 6.07 Å². The summed E-state index contributed by atoms with van der Waals surface area (Å²) in [5.41, 5.74) is 11.7. The van der Waals surface area contributed by atoms with Crippen LogP contribution in [0, 0.1) is 0 Å². The van der Waals surface area contributed by atoms with E-state index in [0.29, 0.717) is 20.6 Å². The van der Waals surface area contributed by atoms with Gasteiger partial charge in [0.05, 0.1) is 15.1 Å². The van der Waals surface area contributed by atoms with Crippen LogP contribution in [0.3, 0.4) is 0 Å². The van der Waals surface area contributed by atoms with Gasteiger partial charge in [-0.3, -0.25) is 4.79 Å². The number of pyridine rings is 1. The largest absolute Gasteiger partial charge is 0.399 e. The van der Waals surface area contributed by atoms with Crippen LogP contribution < -0.4 is 11.5 Å². The maximum atomic E-state index is 11.5. The minimum absolute atomic E-state index is 0.285. The molecule has 0 atom stereocenters. The molecule has 19 heavy (non-hydrogen) atoms. The average molecular weight is 359 g/mol. The van der Waals surface area contributed by atoms with Gasteiger partial charge in [-0.2, -0.15) is 0 Å². The van der Waals surface area contributed by atoms with Crippen molar-refractivity contribution >= 4 is 50.9 Å². The van der Waals surface area contributed by atoms with E-state index in [0.717, 1.165) is 4.47 Å². The van der Waals surface area contributed by atoms with E-state index < -0.39 is 5.91 Å². The summed E-state index contributed by atoms with van der Waals surface area (Å²) in [5, 5.41) is 1.06. The summed E-state index contributed by atoms with van der Waals surface area (Å²) >= 11 is 10.8. The van der Waals surface area contributed by atoms with Gasteiger partial charge in [-0.1, -0.05) is 23.4 Å². The molecule has 1 aromatic heterocycles. The first-order valence-electron chi connectivity index (χ1n) is 5.16. The predicted molar refractivity (Wildman–Crippen MR) is 80.4 cm³/mol. The number of hydrogen-bond donors (Lipinski definition) is 2. The van der Waals surface area contributed by atoms with E-state index in [2.05, 4.69) is 20.9 Å². The molecule has 98 valence electrons. The van der Waals surface area contributed by atoms with Crippen molar-refractivity contribution in [3.8, 4) is 0 Å². The van der Waals surface area contributed by atoms with Gasteiger partial charge in [0.15, 0.2) is 0 Å². The maximum absolute atomic E-state index is 11.5. The Bertz CT molecular complexity index is 651. The number of benzene rings is 1. The molecule has 0 fully saturated rings. The van der Waals surface area contributed by atoms with E-state index in [1.165, 1.54) is 17.8 Å². The zero-order chi connectivity index (χ0) is 14.0. The van der Waals surface area contributed by atoms with E-state index in [-0.39, 0.29) is 5.56 Å². The third-order valence-electron chi connectivity index (χ3n) is 2.25. The second-order valence-corrected chi connectivity index (χ2v) is 5.90. The molecule has 0 aliphatic carbocycles. The van der Waals surface area contributed by atoms with Crippen molar-refractivity contribution in [1.82, 2.24) is 4.98 Å². The van der Waals surface area contributed by atoms with Crippen LogP contribution in [-0.4, -0.2) is 10.9 Å². The molecule has 0 saturated carbocycles. The zero-order valence-corrected chi connectivity index (χ0v) is 12.7. The molecular weight excluding hydrogens is 350 g/mol. The van der Waals surface area contributed by atoms with Gasteiger partial charge in [0.1, 0.15) is 5.03 Å². The lowest BCUT2D eigenvalue weighted by molar-refractivity contribution is 0.0997. The maximum Gasteiger partial charge on any atom is 0.249 e. The Hall–Kier alpha value is -1.24. The molecule has 1 amide bonds. The Labute approximate surface area is 127 Å². The minimum Gasteiger partial charge on any atom is -0.399 e. The number of halogens is 2. The first kappa shape index (κ1) is 14.2. The molecule has 2 rings (SSSR count). The molecule has 1 aromatic carbocycles. The SMILES string of the molecule is NC(=O)c1cc(N)cc(Cl)c1Sc1ncccc1Br. The summed E-state index contributed by atoms with van der Waals surface area (Å²) in [6.45, 7) is 0. The van der Waals surface area contributed by atoms with Gasteiger partial charge in [-0.05, 0) is 40.2 Å². The van der Waals surface area contributed by atoms with Gasteiger partial charge in [-0.15, -0.1) is 0 Å². The number of nitrogens with two attached hydrogens (primary N) is 2. The summed E-state index contributed by atoms with van der Waals surface area (Å²) in [4.78, 5) is 16.2. The van der Waals surface area contributed by atoms with Crippen molar-refractivity contribution in [2.75, 3.05) is 5.73 Å². The third kappa shape index (κ3) is 3.20. The number of anilines is 1. The predicted octanol–water partition coefficient (Wildman–Crippen LogP) is 3.33. The Kier molecular flexibility index (Phi) is 4.34. The summed E-state index contributed by atoms with van der Waals surface area (Å²) < 4.78 is 0.809. The number of carbonyl (C=O) groups is 1. The zero-order valence-electron chi connectivity index (χ0n) is 9.56. The van der Waals surface area contributed by atoms with Gasteiger partial charge < -0.3 is 11.5 Å². The fourth-order valence-electron chi connectivity index (χ4n) is 1.44. The molecule has 0 unspecified atom stereocenters. The van der Waals surface area contributed by atoms with Gasteiger partial charge >= 0.3 is 0 Å². The van der Waals surface area contributed by atoms with Crippen LogP contribution in [0.1, 0.15) is 10.4 Å². The van der Waals surface area contributed by atoms with Gasteiger partial charge in [0.25, 0.3) is 0 Å². The quantitative estimate of drug-likeness (QED) is 0.825. The van der Waals surface area contributed by atoms with Crippen molar-refractivity contribution in [1.29, 1.82) is 0 Å². The summed E-state index contributed by atoms with van der Waals surface area (Å²) in [5.74, 6) is -0.580. The number of carbonyl (C=O) groups excluding carboxylic acids is 1. The van der Waals surface area contributed by atoms with Crippen molar-refractivity contribution in [2.24, 2.45) is 5.73 Å². The smallest absolute Gasteiger partial charge is 0.249 e. The van der Waals surface area contributed by atoms with Crippen molar-refractivity contribution in [3.05, 3.63) is 45.5 Å². The fourth-order valence-corrected chi connectivity index (χ4v) is 3.18. The average Bonchev–Trinajstić information content (AvgIpc) is 2.34. The van der Waals surface area contributed by atoms with E-state index in [4.69, 9.17) is 23.1 Å². The van der Waals surface area contributed by atoms with E-state index in [1.54, 1.807) is 18.3 Å². The lowest BCUT2D eigenvalue weighted by Gasteiger charge is -2.10. The highest BCUT2D eigenvalue weighted by molar-refractivity contribution is 9.10. The number of rotatable bonds is 3. The van der Waals surface area contributed by atoms with Crippen molar-refractivity contribution < 1.29 is 4.79 Å². The number of hydrogen-bond acceptors (Lipinski definition) is 4. The molecule has 0 radical (unpaired) electrons. The molecule has 0 aliphatic heterocycles. The highest BCUT2D eigenvalue weighted by Gasteiger charge is 2.16. The molecule has 4 N–H and O–H groups in total. The standard InChI is InChI=1S/C12H9BrClN3OS/c13-8-2-1-3-17-12(8)19-10-7(11(16)18)4-6(15)5-9(10)14/h1-5H,15H2,(H2,16,18).